The number of hydrogen-bond donors (Lipinski definition) is 1. The molecule has 4 aliphatic heterocycles. The normalized spacial score (nSPS) is 32.9. The van der Waals surface area contributed by atoms with E-state index in [9.17, 15) is 19.5 Å². The molecular weight excluding hydrogens is 462 g/mol. The van der Waals surface area contributed by atoms with Gasteiger partial charge < -0.3 is 19.8 Å². The highest BCUT2D eigenvalue weighted by atomic mass is 32.2. The number of benzene rings is 1. The SMILES string of the molecule is CCCN1CC=C[C@H]2S[C@]34C=CCN(Cc5ccccc5)C(=O)C3N([C@H](C)CO)C(=O)[C@@H]4[C@H]2C1=O. The molecule has 8 heteroatoms. The van der Waals surface area contributed by atoms with E-state index in [1.54, 1.807) is 28.5 Å². The smallest absolute Gasteiger partial charge is 0.247 e. The number of amides is 3. The molecule has 2 saturated heterocycles. The van der Waals surface area contributed by atoms with Crippen LogP contribution in [0.2, 0.25) is 0 Å². The van der Waals surface area contributed by atoms with Gasteiger partial charge in [-0.15, -0.1) is 11.8 Å². The van der Waals surface area contributed by atoms with Crippen molar-refractivity contribution in [2.45, 2.75) is 48.9 Å². The van der Waals surface area contributed by atoms with Crippen molar-refractivity contribution in [3.05, 3.63) is 60.2 Å². The van der Waals surface area contributed by atoms with E-state index in [1.807, 2.05) is 60.4 Å². The maximum Gasteiger partial charge on any atom is 0.247 e. The Bertz CT molecular complexity index is 1060. The Morgan fingerprint density at radius 3 is 2.51 bits per heavy atom. The number of aliphatic hydroxyl groups excluding tert-OH is 1. The van der Waals surface area contributed by atoms with E-state index in [0.717, 1.165) is 12.0 Å². The summed E-state index contributed by atoms with van der Waals surface area (Å²) in [4.78, 5) is 47.1. The maximum absolute atomic E-state index is 14.2. The molecule has 2 fully saturated rings. The first-order chi connectivity index (χ1) is 16.9. The highest BCUT2D eigenvalue weighted by molar-refractivity contribution is 8.02. The first kappa shape index (κ1) is 24.1. The van der Waals surface area contributed by atoms with Crippen LogP contribution in [-0.4, -0.2) is 85.8 Å². The van der Waals surface area contributed by atoms with Crippen molar-refractivity contribution in [3.8, 4) is 0 Å². The lowest BCUT2D eigenvalue weighted by Gasteiger charge is -2.37. The van der Waals surface area contributed by atoms with Crippen LogP contribution in [0.15, 0.2) is 54.6 Å². The third kappa shape index (κ3) is 3.82. The molecule has 35 heavy (non-hydrogen) atoms. The molecule has 1 spiro atoms. The van der Waals surface area contributed by atoms with Gasteiger partial charge in [0.2, 0.25) is 17.7 Å². The van der Waals surface area contributed by atoms with Crippen LogP contribution in [0.1, 0.15) is 25.8 Å². The summed E-state index contributed by atoms with van der Waals surface area (Å²) in [7, 11) is 0. The fourth-order valence-corrected chi connectivity index (χ4v) is 8.15. The van der Waals surface area contributed by atoms with E-state index in [2.05, 4.69) is 6.08 Å². The summed E-state index contributed by atoms with van der Waals surface area (Å²) < 4.78 is -0.840. The molecule has 6 atom stereocenters. The van der Waals surface area contributed by atoms with Crippen molar-refractivity contribution in [2.75, 3.05) is 26.2 Å². The Morgan fingerprint density at radius 1 is 1.06 bits per heavy atom. The Hall–Kier alpha value is -2.58. The van der Waals surface area contributed by atoms with Gasteiger partial charge >= 0.3 is 0 Å². The van der Waals surface area contributed by atoms with E-state index in [0.29, 0.717) is 26.2 Å². The van der Waals surface area contributed by atoms with Gasteiger partial charge in [0.25, 0.3) is 0 Å². The number of aliphatic hydroxyl groups is 1. The van der Waals surface area contributed by atoms with Gasteiger partial charge in [-0.05, 0) is 18.9 Å². The summed E-state index contributed by atoms with van der Waals surface area (Å²) in [6, 6.07) is 8.54. The molecule has 1 aromatic carbocycles. The fourth-order valence-electron chi connectivity index (χ4n) is 6.15. The Balaban J connectivity index is 1.57. The number of carbonyl (C=O) groups excluding carboxylic acids is 3. The van der Waals surface area contributed by atoms with Crippen LogP contribution in [0.25, 0.3) is 0 Å². The standard InChI is InChI=1S/C27H33N3O4S/c1-3-13-28-14-7-11-20-21(24(28)32)22-25(33)30(18(2)17-31)23-26(34)29(15-8-12-27(22,23)35-20)16-19-9-5-4-6-10-19/h4-12,18,20-23,31H,3,13-17H2,1-2H3/t18-,20-,21+,22+,23?,27+/m1/s1. The zero-order valence-electron chi connectivity index (χ0n) is 20.2. The van der Waals surface area contributed by atoms with Gasteiger partial charge in [-0.2, -0.15) is 0 Å². The van der Waals surface area contributed by atoms with Crippen LogP contribution in [0.5, 0.6) is 0 Å². The third-order valence-corrected chi connectivity index (χ3v) is 9.46. The first-order valence-electron chi connectivity index (χ1n) is 12.5. The summed E-state index contributed by atoms with van der Waals surface area (Å²) in [6.45, 7) is 5.65. The first-order valence-corrected chi connectivity index (χ1v) is 13.4. The molecule has 0 aromatic heterocycles. The van der Waals surface area contributed by atoms with Gasteiger partial charge in [0.1, 0.15) is 6.04 Å². The molecule has 3 amide bonds. The molecule has 186 valence electrons. The largest absolute Gasteiger partial charge is 0.394 e. The fraction of sp³-hybridized carbons (Fsp3) is 0.519. The molecule has 0 aliphatic carbocycles. The van der Waals surface area contributed by atoms with Crippen molar-refractivity contribution >= 4 is 29.5 Å². The zero-order valence-corrected chi connectivity index (χ0v) is 21.1. The monoisotopic (exact) mass is 495 g/mol. The number of rotatable bonds is 6. The summed E-state index contributed by atoms with van der Waals surface area (Å²) >= 11 is 1.58. The highest BCUT2D eigenvalue weighted by Crippen LogP contribution is 2.61. The minimum Gasteiger partial charge on any atom is -0.394 e. The molecule has 7 nitrogen and oxygen atoms in total. The van der Waals surface area contributed by atoms with E-state index in [4.69, 9.17) is 0 Å². The van der Waals surface area contributed by atoms with Crippen LogP contribution in [0.4, 0.5) is 0 Å². The minimum absolute atomic E-state index is 0.00642. The van der Waals surface area contributed by atoms with Gasteiger partial charge in [0, 0.05) is 31.4 Å². The predicted molar refractivity (Wildman–Crippen MR) is 135 cm³/mol. The van der Waals surface area contributed by atoms with Gasteiger partial charge in [0.05, 0.1) is 29.2 Å². The molecule has 4 aliphatic rings. The topological polar surface area (TPSA) is 81.2 Å². The number of carbonyl (C=O) groups is 3. The second kappa shape index (κ2) is 9.47. The number of likely N-dealkylation sites (tertiary alicyclic amines) is 1. The summed E-state index contributed by atoms with van der Waals surface area (Å²) in [5, 5.41) is 9.87. The second-order valence-corrected chi connectivity index (χ2v) is 11.4. The van der Waals surface area contributed by atoms with E-state index >= 15 is 0 Å². The van der Waals surface area contributed by atoms with Crippen molar-refractivity contribution < 1.29 is 19.5 Å². The third-order valence-electron chi connectivity index (χ3n) is 7.71. The van der Waals surface area contributed by atoms with Crippen molar-refractivity contribution in [2.24, 2.45) is 11.8 Å². The number of fused-ring (bicyclic) bond motifs is 2. The van der Waals surface area contributed by atoms with Gasteiger partial charge in [0.15, 0.2) is 0 Å². The molecular formula is C27H33N3O4S. The van der Waals surface area contributed by atoms with Gasteiger partial charge in [-0.1, -0.05) is 61.6 Å². The number of thioether (sulfide) groups is 1. The van der Waals surface area contributed by atoms with E-state index in [1.165, 1.54) is 0 Å². The van der Waals surface area contributed by atoms with Crippen molar-refractivity contribution in [1.29, 1.82) is 0 Å². The quantitative estimate of drug-likeness (QED) is 0.611. The van der Waals surface area contributed by atoms with Crippen molar-refractivity contribution in [3.63, 3.8) is 0 Å². The van der Waals surface area contributed by atoms with E-state index in [-0.39, 0.29) is 29.6 Å². The lowest BCUT2D eigenvalue weighted by Crippen LogP contribution is -2.55. The molecule has 1 unspecified atom stereocenters. The summed E-state index contributed by atoms with van der Waals surface area (Å²) in [6.07, 6.45) is 8.95. The molecule has 4 heterocycles. The van der Waals surface area contributed by atoms with Crippen molar-refractivity contribution in [1.82, 2.24) is 14.7 Å². The van der Waals surface area contributed by atoms with Crippen LogP contribution >= 0.6 is 11.8 Å². The Kier molecular flexibility index (Phi) is 6.53. The van der Waals surface area contributed by atoms with Crippen LogP contribution in [0, 0.1) is 11.8 Å². The molecule has 0 radical (unpaired) electrons. The number of hydrogen-bond acceptors (Lipinski definition) is 5. The van der Waals surface area contributed by atoms with Crippen LogP contribution in [-0.2, 0) is 20.9 Å². The van der Waals surface area contributed by atoms with Gasteiger partial charge in [-0.3, -0.25) is 14.4 Å². The lowest BCUT2D eigenvalue weighted by atomic mass is 9.78. The molecule has 1 N–H and O–H groups in total. The van der Waals surface area contributed by atoms with Crippen LogP contribution < -0.4 is 0 Å². The number of nitrogens with zero attached hydrogens (tertiary/aromatic N) is 3. The zero-order chi connectivity index (χ0) is 24.7. The van der Waals surface area contributed by atoms with Crippen LogP contribution in [0.3, 0.4) is 0 Å². The molecule has 5 rings (SSSR count). The second-order valence-electron chi connectivity index (χ2n) is 9.94. The highest BCUT2D eigenvalue weighted by Gasteiger charge is 2.71. The molecule has 0 bridgehead atoms. The summed E-state index contributed by atoms with van der Waals surface area (Å²) in [5.41, 5.74) is 1.02. The molecule has 1 aromatic rings. The predicted octanol–water partition coefficient (Wildman–Crippen LogP) is 2.07. The minimum atomic E-state index is -0.840. The Labute approximate surface area is 210 Å². The van der Waals surface area contributed by atoms with E-state index < -0.39 is 28.7 Å². The van der Waals surface area contributed by atoms with Gasteiger partial charge in [-0.25, -0.2) is 0 Å². The summed E-state index contributed by atoms with van der Waals surface area (Å²) in [5.74, 6) is -1.48. The molecule has 0 saturated carbocycles. The average Bonchev–Trinajstić information content (AvgIpc) is 3.19. The lowest BCUT2D eigenvalue weighted by molar-refractivity contribution is -0.146. The Morgan fingerprint density at radius 2 is 1.80 bits per heavy atom. The maximum atomic E-state index is 14.2. The average molecular weight is 496 g/mol.